The Balaban J connectivity index is 0.000000154. The fourth-order valence-electron chi connectivity index (χ4n) is 10.3. The molecule has 0 radical (unpaired) electrons. The zero-order valence-electron chi connectivity index (χ0n) is 46.8. The van der Waals surface area contributed by atoms with Gasteiger partial charge in [-0.2, -0.15) is 31.9 Å². The van der Waals surface area contributed by atoms with Gasteiger partial charge in [-0.05, 0) is 126 Å². The maximum absolute atomic E-state index is 13.3. The van der Waals surface area contributed by atoms with E-state index in [0.29, 0.717) is 52.1 Å². The van der Waals surface area contributed by atoms with Crippen LogP contribution in [0, 0.1) is 53.8 Å². The van der Waals surface area contributed by atoms with Crippen molar-refractivity contribution >= 4 is 84.6 Å². The van der Waals surface area contributed by atoms with Gasteiger partial charge in [0.1, 0.15) is 11.6 Å². The van der Waals surface area contributed by atoms with Crippen molar-refractivity contribution in [3.8, 4) is 5.75 Å². The molecule has 6 heterocycles. The fourth-order valence-corrected chi connectivity index (χ4v) is 11.0. The molecule has 27 heteroatoms. The van der Waals surface area contributed by atoms with Gasteiger partial charge >= 0.3 is 18.1 Å². The topological polar surface area (TPSA) is 191 Å². The molecule has 4 aliphatic heterocycles. The Kier molecular flexibility index (Phi) is 20.3. The molecule has 4 saturated heterocycles. The summed E-state index contributed by atoms with van der Waals surface area (Å²) in [6.45, 7) is 16.5. The molecule has 17 nitrogen and oxygen atoms in total. The van der Waals surface area contributed by atoms with E-state index in [2.05, 4.69) is 87.5 Å². The number of nitrogens with one attached hydrogen (secondary N) is 1. The first-order valence-corrected chi connectivity index (χ1v) is 28.8. The lowest BCUT2D eigenvalue weighted by Gasteiger charge is -2.35. The Morgan fingerprint density at radius 1 is 0.619 bits per heavy atom. The number of aryl methyl sites for hydroxylation is 2. The minimum atomic E-state index is -5.65. The number of alkyl halides is 3. The third kappa shape index (κ3) is 16.1. The van der Waals surface area contributed by atoms with E-state index in [1.54, 1.807) is 6.07 Å². The monoisotopic (exact) mass is 1310 g/mol. The van der Waals surface area contributed by atoms with Gasteiger partial charge in [0.05, 0.1) is 55.0 Å². The average molecular weight is 1310 g/mol. The van der Waals surface area contributed by atoms with Gasteiger partial charge in [0, 0.05) is 84.8 Å². The van der Waals surface area contributed by atoms with Gasteiger partial charge in [0.15, 0.2) is 0 Å². The van der Waals surface area contributed by atoms with E-state index in [-0.39, 0.29) is 24.1 Å². The van der Waals surface area contributed by atoms with Gasteiger partial charge in [-0.15, -0.1) is 0 Å². The number of halogens is 10. The molecule has 11 rings (SSSR count). The lowest BCUT2D eigenvalue weighted by molar-refractivity contribution is -0.190. The number of anilines is 6. The summed E-state index contributed by atoms with van der Waals surface area (Å²) in [4.78, 5) is 62.2. The first-order valence-electron chi connectivity index (χ1n) is 27.3. The number of rotatable bonds is 8. The SMILES string of the molecule is COC(=O)c1ccc(Br)cc1N1CCC2(CC1)CC2.Cc1cc(N)nc(N2CCO[C@H](C)C2)n1.Cc1cc(NC(=O)c2ccc(Br)cc2N2CCC3(CC2)CC3)nc(N2CCO[C@H](C)C2)n1.O=C(Oc1c(F)c(F)c(F)c(F)c1F)C(F)(F)F. The zero-order chi connectivity index (χ0) is 60.8. The Labute approximate surface area is 497 Å². The average Bonchev–Trinajstić information content (AvgIpc) is 4.45. The molecule has 0 bridgehead atoms. The fraction of sp³-hybridized carbons (Fsp3) is 0.491. The number of nitrogens with zero attached hydrogens (tertiary/aromatic N) is 8. The molecule has 1 amide bonds. The molecule has 2 atom stereocenters. The summed E-state index contributed by atoms with van der Waals surface area (Å²) in [6.07, 6.45) is 5.15. The Hall–Kier alpha value is -6.45. The molecule has 3 aromatic carbocycles. The molecule has 6 aliphatic rings. The van der Waals surface area contributed by atoms with E-state index in [4.69, 9.17) is 19.9 Å². The number of benzene rings is 3. The summed E-state index contributed by atoms with van der Waals surface area (Å²) in [5, 5.41) is 3.03. The number of ether oxygens (including phenoxy) is 4. The molecule has 0 unspecified atom stereocenters. The number of esters is 2. The van der Waals surface area contributed by atoms with Crippen molar-refractivity contribution in [2.75, 3.05) is 103 Å². The molecule has 2 spiro atoms. The third-order valence-electron chi connectivity index (χ3n) is 15.4. The highest BCUT2D eigenvalue weighted by atomic mass is 79.9. The zero-order valence-corrected chi connectivity index (χ0v) is 50.0. The molecule has 2 saturated carbocycles. The molecular formula is C57H64Br2F8N10O7. The van der Waals surface area contributed by atoms with Crippen LogP contribution in [0.25, 0.3) is 0 Å². The summed E-state index contributed by atoms with van der Waals surface area (Å²) >= 11 is 7.08. The van der Waals surface area contributed by atoms with Gasteiger partial charge in [0.25, 0.3) is 5.91 Å². The minimum Gasteiger partial charge on any atom is -0.465 e. The van der Waals surface area contributed by atoms with Crippen molar-refractivity contribution in [1.82, 2.24) is 19.9 Å². The molecule has 454 valence electrons. The van der Waals surface area contributed by atoms with E-state index in [1.807, 2.05) is 64.1 Å². The number of nitrogens with two attached hydrogens (primary N) is 1. The van der Waals surface area contributed by atoms with Gasteiger partial charge < -0.3 is 49.6 Å². The molecule has 5 aromatic rings. The second kappa shape index (κ2) is 26.9. The number of hydrogen-bond donors (Lipinski definition) is 2. The molecular weight excluding hydrogens is 1250 g/mol. The van der Waals surface area contributed by atoms with Crippen LogP contribution in [0.15, 0.2) is 57.5 Å². The van der Waals surface area contributed by atoms with Gasteiger partial charge in [-0.25, -0.2) is 32.7 Å². The molecule has 84 heavy (non-hydrogen) atoms. The van der Waals surface area contributed by atoms with Crippen LogP contribution in [0.1, 0.15) is 97.3 Å². The van der Waals surface area contributed by atoms with E-state index < -0.39 is 47.0 Å². The molecule has 2 aliphatic carbocycles. The van der Waals surface area contributed by atoms with Crippen molar-refractivity contribution < 1.29 is 68.5 Å². The maximum atomic E-state index is 13.3. The van der Waals surface area contributed by atoms with Crippen molar-refractivity contribution in [2.45, 2.75) is 97.4 Å². The maximum Gasteiger partial charge on any atom is 0.491 e. The molecule has 3 N–H and O–H groups in total. The standard InChI is InChI=1S/C24H30BrN5O2.C15H18BrNO2.C10H16N4O.C8F8O2/c1-16-13-21(28-23(26-16)30-11-12-32-17(2)15-30)27-22(31)19-4-3-18(25)14-20(19)29-9-7-24(5-6-24)8-10-29;1-19-14(18)12-3-2-11(16)10-13(12)17-8-6-15(4-5-15)7-9-17;1-7-5-9(11)13-10(12-7)14-3-4-15-8(2)6-14;9-1-2(10)4(12)6(5(13)3(1)11)18-7(17)8(14,15)16/h3-4,13-14,17H,5-12,15H2,1-2H3,(H,26,27,28,31);2-3,10H,4-9H2,1H3;5,8H,3-4,6H2,1-2H3,(H2,11,12,13);/t17-;;8-;/m1.1./s1. The van der Waals surface area contributed by atoms with Crippen molar-refractivity contribution in [1.29, 1.82) is 0 Å². The number of aromatic nitrogens is 4. The highest BCUT2D eigenvalue weighted by Crippen LogP contribution is 2.55. The number of hydrogen-bond acceptors (Lipinski definition) is 16. The molecule has 2 aromatic heterocycles. The number of nitrogen functional groups attached to an aromatic ring is 1. The summed E-state index contributed by atoms with van der Waals surface area (Å²) in [6, 6.07) is 15.2. The number of morpholine rings is 2. The van der Waals surface area contributed by atoms with Crippen LogP contribution in [-0.2, 0) is 19.0 Å². The summed E-state index contributed by atoms with van der Waals surface area (Å²) in [5.74, 6) is -16.4. The second-order valence-corrected chi connectivity index (χ2v) is 23.5. The highest BCUT2D eigenvalue weighted by molar-refractivity contribution is 9.10. The van der Waals surface area contributed by atoms with Crippen LogP contribution in [0.3, 0.4) is 0 Å². The van der Waals surface area contributed by atoms with E-state index in [9.17, 15) is 49.5 Å². The minimum absolute atomic E-state index is 0.135. The first kappa shape index (κ1) is 63.6. The normalized spacial score (nSPS) is 19.4. The number of carbonyl (C=O) groups excluding carboxylic acids is 3. The molecule has 6 fully saturated rings. The lowest BCUT2D eigenvalue weighted by atomic mass is 9.93. The highest BCUT2D eigenvalue weighted by Gasteiger charge is 2.46. The quantitative estimate of drug-likeness (QED) is 0.0490. The van der Waals surface area contributed by atoms with Crippen molar-refractivity contribution in [2.24, 2.45) is 10.8 Å². The summed E-state index contributed by atoms with van der Waals surface area (Å²) in [5.41, 5.74) is 12.0. The second-order valence-electron chi connectivity index (χ2n) is 21.7. The van der Waals surface area contributed by atoms with Crippen LogP contribution < -0.4 is 35.4 Å². The van der Waals surface area contributed by atoms with E-state index in [1.165, 1.54) is 58.5 Å². The summed E-state index contributed by atoms with van der Waals surface area (Å²) in [7, 11) is 1.43. The van der Waals surface area contributed by atoms with Gasteiger partial charge in [-0.3, -0.25) is 4.79 Å². The van der Waals surface area contributed by atoms with Gasteiger partial charge in [-0.1, -0.05) is 31.9 Å². The van der Waals surface area contributed by atoms with Crippen LogP contribution in [0.2, 0.25) is 0 Å². The Bertz CT molecular complexity index is 3160. The Morgan fingerprint density at radius 3 is 1.50 bits per heavy atom. The van der Waals surface area contributed by atoms with Crippen LogP contribution in [-0.4, -0.2) is 129 Å². The largest absolute Gasteiger partial charge is 0.491 e. The van der Waals surface area contributed by atoms with Crippen LogP contribution in [0.5, 0.6) is 5.75 Å². The van der Waals surface area contributed by atoms with Crippen LogP contribution in [0.4, 0.5) is 70.0 Å². The predicted molar refractivity (Wildman–Crippen MR) is 305 cm³/mol. The van der Waals surface area contributed by atoms with Crippen molar-refractivity contribution in [3.05, 3.63) is 109 Å². The number of methoxy groups -OCH3 is 1. The number of piperidine rings is 2. The van der Waals surface area contributed by atoms with E-state index in [0.717, 1.165) is 90.7 Å². The lowest BCUT2D eigenvalue weighted by Crippen LogP contribution is -2.42. The smallest absolute Gasteiger partial charge is 0.465 e. The first-order chi connectivity index (χ1) is 39.8. The number of amides is 1. The number of carbonyl (C=O) groups is 3. The third-order valence-corrected chi connectivity index (χ3v) is 16.4. The predicted octanol–water partition coefficient (Wildman–Crippen LogP) is 11.5. The Morgan fingerprint density at radius 2 is 1.06 bits per heavy atom. The summed E-state index contributed by atoms with van der Waals surface area (Å²) < 4.78 is 119. The van der Waals surface area contributed by atoms with Gasteiger partial charge in [0.2, 0.25) is 46.7 Å². The van der Waals surface area contributed by atoms with Crippen molar-refractivity contribution in [3.63, 3.8) is 0 Å². The van der Waals surface area contributed by atoms with E-state index >= 15 is 0 Å². The van der Waals surface area contributed by atoms with Crippen LogP contribution >= 0.6 is 31.9 Å².